The molecule has 0 radical (unpaired) electrons. The summed E-state index contributed by atoms with van der Waals surface area (Å²) >= 11 is 0. The lowest BCUT2D eigenvalue weighted by Gasteiger charge is -2.14. The van der Waals surface area contributed by atoms with Gasteiger partial charge in [-0.15, -0.1) is 0 Å². The van der Waals surface area contributed by atoms with E-state index in [1.807, 2.05) is 24.3 Å². The molecule has 2 aromatic rings. The van der Waals surface area contributed by atoms with Gasteiger partial charge in [-0.1, -0.05) is 43.7 Å². The lowest BCUT2D eigenvalue weighted by molar-refractivity contribution is -0.121. The molecule has 130 valence electrons. The molecule has 1 heterocycles. The van der Waals surface area contributed by atoms with E-state index in [9.17, 15) is 4.79 Å². The quantitative estimate of drug-likeness (QED) is 0.775. The van der Waals surface area contributed by atoms with E-state index in [1.165, 1.54) is 5.56 Å². The van der Waals surface area contributed by atoms with Gasteiger partial charge in [-0.25, -0.2) is 4.98 Å². The molecule has 0 aliphatic heterocycles. The van der Waals surface area contributed by atoms with Crippen LogP contribution in [0.15, 0.2) is 34.9 Å². The topological polar surface area (TPSA) is 55.1 Å². The van der Waals surface area contributed by atoms with Crippen molar-refractivity contribution in [1.29, 1.82) is 0 Å². The zero-order valence-corrected chi connectivity index (χ0v) is 15.1. The van der Waals surface area contributed by atoms with Gasteiger partial charge in [-0.2, -0.15) is 0 Å². The van der Waals surface area contributed by atoms with Gasteiger partial charge < -0.3 is 9.73 Å². The predicted octanol–water partition coefficient (Wildman–Crippen LogP) is 4.52. The van der Waals surface area contributed by atoms with Gasteiger partial charge in [0.15, 0.2) is 11.7 Å². The molecule has 1 amide bonds. The number of nitrogens with one attached hydrogen (secondary N) is 1. The fourth-order valence-electron chi connectivity index (χ4n) is 2.50. The number of nitrogens with zero attached hydrogens (tertiary/aromatic N) is 1. The number of aromatic nitrogens is 1. The van der Waals surface area contributed by atoms with Crippen molar-refractivity contribution in [3.63, 3.8) is 0 Å². The minimum atomic E-state index is 0.0568. The first-order valence-corrected chi connectivity index (χ1v) is 8.75. The third kappa shape index (κ3) is 5.84. The van der Waals surface area contributed by atoms with Crippen LogP contribution in [0.2, 0.25) is 0 Å². The van der Waals surface area contributed by atoms with Gasteiger partial charge in [0.2, 0.25) is 5.91 Å². The van der Waals surface area contributed by atoms with Crippen LogP contribution in [0.3, 0.4) is 0 Å². The third-order valence-electron chi connectivity index (χ3n) is 4.04. The number of carbonyl (C=O) groups is 1. The molecule has 1 aromatic carbocycles. The number of oxazole rings is 1. The lowest BCUT2D eigenvalue weighted by atomic mass is 10.0. The van der Waals surface area contributed by atoms with Crippen molar-refractivity contribution in [1.82, 2.24) is 10.3 Å². The Bertz CT molecular complexity index is 644. The average Bonchev–Trinajstić information content (AvgIpc) is 3.00. The van der Waals surface area contributed by atoms with Crippen molar-refractivity contribution in [3.8, 4) is 11.3 Å². The minimum Gasteiger partial charge on any atom is -0.441 e. The highest BCUT2D eigenvalue weighted by Crippen LogP contribution is 2.21. The van der Waals surface area contributed by atoms with Crippen LogP contribution in [0.4, 0.5) is 0 Å². The number of carbonyl (C=O) groups excluding carboxylic acids is 1. The van der Waals surface area contributed by atoms with Crippen LogP contribution < -0.4 is 5.32 Å². The van der Waals surface area contributed by atoms with E-state index >= 15 is 0 Å². The summed E-state index contributed by atoms with van der Waals surface area (Å²) in [5.41, 5.74) is 2.22. The zero-order valence-electron chi connectivity index (χ0n) is 15.1. The summed E-state index contributed by atoms with van der Waals surface area (Å²) in [5.74, 6) is 2.07. The van der Waals surface area contributed by atoms with E-state index in [4.69, 9.17) is 4.42 Å². The van der Waals surface area contributed by atoms with Gasteiger partial charge in [0, 0.05) is 24.4 Å². The molecule has 2 rings (SSSR count). The Labute approximate surface area is 144 Å². The molecule has 0 saturated carbocycles. The maximum atomic E-state index is 12.0. The Morgan fingerprint density at radius 1 is 1.17 bits per heavy atom. The fraction of sp³-hybridized carbons (Fsp3) is 0.500. The number of amides is 1. The van der Waals surface area contributed by atoms with E-state index in [1.54, 1.807) is 6.20 Å². The van der Waals surface area contributed by atoms with Gasteiger partial charge in [0.25, 0.3) is 0 Å². The molecular weight excluding hydrogens is 300 g/mol. The van der Waals surface area contributed by atoms with Crippen molar-refractivity contribution in [2.45, 2.75) is 59.4 Å². The summed E-state index contributed by atoms with van der Waals surface area (Å²) in [6.07, 6.45) is 4.79. The van der Waals surface area contributed by atoms with Crippen LogP contribution in [-0.4, -0.2) is 16.9 Å². The second kappa shape index (κ2) is 8.67. The molecule has 1 atom stereocenters. The smallest absolute Gasteiger partial charge is 0.220 e. The first-order chi connectivity index (χ1) is 11.4. The second-order valence-electron chi connectivity index (χ2n) is 6.92. The monoisotopic (exact) mass is 328 g/mol. The maximum absolute atomic E-state index is 12.0. The summed E-state index contributed by atoms with van der Waals surface area (Å²) in [5, 5.41) is 3.04. The third-order valence-corrected chi connectivity index (χ3v) is 4.04. The fourth-order valence-corrected chi connectivity index (χ4v) is 2.50. The van der Waals surface area contributed by atoms with Gasteiger partial charge in [-0.3, -0.25) is 4.79 Å². The highest BCUT2D eigenvalue weighted by Gasteiger charge is 2.11. The number of hydrogen-bond donors (Lipinski definition) is 1. The van der Waals surface area contributed by atoms with Crippen molar-refractivity contribution in [2.24, 2.45) is 5.92 Å². The number of aryl methyl sites for hydroxylation is 2. The molecular formula is C20H28N2O2. The molecule has 0 fully saturated rings. The SMILES string of the molecule is Cc1ccc(-c2cnc(CCC(=O)NC(C)CCC(C)C)o2)cc1. The molecule has 1 unspecified atom stereocenters. The van der Waals surface area contributed by atoms with Crippen LogP contribution in [-0.2, 0) is 11.2 Å². The highest BCUT2D eigenvalue weighted by molar-refractivity contribution is 5.76. The maximum Gasteiger partial charge on any atom is 0.220 e. The molecule has 0 aliphatic carbocycles. The van der Waals surface area contributed by atoms with E-state index in [-0.39, 0.29) is 11.9 Å². The van der Waals surface area contributed by atoms with E-state index in [0.717, 1.165) is 24.2 Å². The standard InChI is InChI=1S/C20H28N2O2/c1-14(2)5-8-16(4)22-19(23)11-12-20-21-13-18(24-20)17-9-6-15(3)7-10-17/h6-7,9-10,13-14,16H,5,8,11-12H2,1-4H3,(H,22,23). The molecule has 24 heavy (non-hydrogen) atoms. The van der Waals surface area contributed by atoms with Crippen LogP contribution in [0.5, 0.6) is 0 Å². The molecule has 1 N–H and O–H groups in total. The van der Waals surface area contributed by atoms with Crippen molar-refractivity contribution < 1.29 is 9.21 Å². The number of benzene rings is 1. The normalized spacial score (nSPS) is 12.4. The second-order valence-corrected chi connectivity index (χ2v) is 6.92. The van der Waals surface area contributed by atoms with Crippen molar-refractivity contribution >= 4 is 5.91 Å². The molecule has 0 spiro atoms. The lowest BCUT2D eigenvalue weighted by Crippen LogP contribution is -2.32. The van der Waals surface area contributed by atoms with Crippen LogP contribution in [0, 0.1) is 12.8 Å². The zero-order chi connectivity index (χ0) is 17.5. The molecule has 0 aliphatic rings. The first-order valence-electron chi connectivity index (χ1n) is 8.75. The van der Waals surface area contributed by atoms with Crippen molar-refractivity contribution in [2.75, 3.05) is 0 Å². The van der Waals surface area contributed by atoms with Crippen LogP contribution >= 0.6 is 0 Å². The summed E-state index contributed by atoms with van der Waals surface area (Å²) < 4.78 is 5.75. The summed E-state index contributed by atoms with van der Waals surface area (Å²) in [6, 6.07) is 8.34. The van der Waals surface area contributed by atoms with Gasteiger partial charge in [0.05, 0.1) is 6.20 Å². The summed E-state index contributed by atoms with van der Waals surface area (Å²) in [6.45, 7) is 8.50. The van der Waals surface area contributed by atoms with E-state index in [2.05, 4.69) is 38.0 Å². The Hall–Kier alpha value is -2.10. The highest BCUT2D eigenvalue weighted by atomic mass is 16.4. The molecule has 0 saturated heterocycles. The van der Waals surface area contributed by atoms with Crippen LogP contribution in [0.1, 0.15) is 51.5 Å². The van der Waals surface area contributed by atoms with Gasteiger partial charge >= 0.3 is 0 Å². The van der Waals surface area contributed by atoms with Crippen LogP contribution in [0.25, 0.3) is 11.3 Å². The predicted molar refractivity (Wildman–Crippen MR) is 96.7 cm³/mol. The largest absolute Gasteiger partial charge is 0.441 e. The van der Waals surface area contributed by atoms with Gasteiger partial charge in [-0.05, 0) is 32.6 Å². The van der Waals surface area contributed by atoms with Gasteiger partial charge in [0.1, 0.15) is 0 Å². The molecule has 4 nitrogen and oxygen atoms in total. The molecule has 0 bridgehead atoms. The Morgan fingerprint density at radius 3 is 2.54 bits per heavy atom. The Balaban J connectivity index is 1.80. The van der Waals surface area contributed by atoms with E-state index in [0.29, 0.717) is 24.7 Å². The molecule has 1 aromatic heterocycles. The Morgan fingerprint density at radius 2 is 1.88 bits per heavy atom. The summed E-state index contributed by atoms with van der Waals surface area (Å²) in [7, 11) is 0. The average molecular weight is 328 g/mol. The first kappa shape index (κ1) is 18.2. The molecule has 4 heteroatoms. The summed E-state index contributed by atoms with van der Waals surface area (Å²) in [4.78, 5) is 16.3. The van der Waals surface area contributed by atoms with E-state index < -0.39 is 0 Å². The number of hydrogen-bond acceptors (Lipinski definition) is 3. The van der Waals surface area contributed by atoms with Crippen molar-refractivity contribution in [3.05, 3.63) is 41.9 Å². The Kier molecular flexibility index (Phi) is 6.59. The minimum absolute atomic E-state index is 0.0568. The number of rotatable bonds is 8.